The highest BCUT2D eigenvalue weighted by molar-refractivity contribution is 5.64. The standard InChI is InChI=1S/C15H18N3O/c1-17-12-14(13-5-3-2-4-6-13)11-15(16-17)18-7-9-19-10-8-18/h2-6,11-12H,7-10H2,1H3/q+1. The SMILES string of the molecule is C[n+]1cc(-c2ccccc2)cc(N2CCOCC2)n1. The molecule has 0 aliphatic carbocycles. The zero-order valence-corrected chi connectivity index (χ0v) is 11.1. The quantitative estimate of drug-likeness (QED) is 0.761. The minimum absolute atomic E-state index is 0.779. The number of anilines is 1. The van der Waals surface area contributed by atoms with Crippen LogP contribution in [0.1, 0.15) is 0 Å². The molecule has 4 nitrogen and oxygen atoms in total. The number of hydrogen-bond donors (Lipinski definition) is 0. The van der Waals surface area contributed by atoms with Crippen molar-refractivity contribution in [2.45, 2.75) is 0 Å². The highest BCUT2D eigenvalue weighted by Gasteiger charge is 2.17. The summed E-state index contributed by atoms with van der Waals surface area (Å²) in [5.41, 5.74) is 2.41. The fourth-order valence-corrected chi connectivity index (χ4v) is 2.33. The molecule has 98 valence electrons. The van der Waals surface area contributed by atoms with Gasteiger partial charge in [0.15, 0.2) is 12.9 Å². The summed E-state index contributed by atoms with van der Waals surface area (Å²) in [6.07, 6.45) is 2.05. The molecule has 1 saturated heterocycles. The second-order valence-electron chi connectivity index (χ2n) is 4.73. The molecule has 1 aromatic heterocycles. The molecule has 1 aliphatic heterocycles. The molecule has 1 aliphatic rings. The minimum Gasteiger partial charge on any atom is -0.378 e. The number of nitrogens with zero attached hydrogens (tertiary/aromatic N) is 3. The molecular weight excluding hydrogens is 238 g/mol. The summed E-state index contributed by atoms with van der Waals surface area (Å²) >= 11 is 0. The van der Waals surface area contributed by atoms with Gasteiger partial charge in [-0.25, -0.2) is 0 Å². The molecule has 0 N–H and O–H groups in total. The van der Waals surface area contributed by atoms with Crippen molar-refractivity contribution in [3.63, 3.8) is 0 Å². The number of aryl methyl sites for hydroxylation is 1. The fraction of sp³-hybridized carbons (Fsp3) is 0.333. The first-order valence-electron chi connectivity index (χ1n) is 6.59. The van der Waals surface area contributed by atoms with E-state index in [-0.39, 0.29) is 0 Å². The second-order valence-corrected chi connectivity index (χ2v) is 4.73. The average molecular weight is 256 g/mol. The normalized spacial score (nSPS) is 15.5. The molecule has 0 atom stereocenters. The third kappa shape index (κ3) is 2.74. The smallest absolute Gasteiger partial charge is 0.203 e. The van der Waals surface area contributed by atoms with Gasteiger partial charge in [0.25, 0.3) is 0 Å². The second kappa shape index (κ2) is 5.36. The van der Waals surface area contributed by atoms with Gasteiger partial charge < -0.3 is 9.64 Å². The summed E-state index contributed by atoms with van der Waals surface area (Å²) in [6.45, 7) is 3.37. The Labute approximate surface area is 113 Å². The van der Waals surface area contributed by atoms with Crippen LogP contribution in [-0.2, 0) is 11.8 Å². The van der Waals surface area contributed by atoms with Gasteiger partial charge in [0.2, 0.25) is 6.20 Å². The lowest BCUT2D eigenvalue weighted by molar-refractivity contribution is -0.729. The van der Waals surface area contributed by atoms with Crippen molar-refractivity contribution in [1.29, 1.82) is 0 Å². The maximum Gasteiger partial charge on any atom is 0.203 e. The molecule has 0 radical (unpaired) electrons. The molecule has 4 heteroatoms. The molecule has 0 bridgehead atoms. The molecule has 1 fully saturated rings. The number of hydrogen-bond acceptors (Lipinski definition) is 3. The van der Waals surface area contributed by atoms with Crippen molar-refractivity contribution in [2.75, 3.05) is 31.2 Å². The molecule has 0 spiro atoms. The van der Waals surface area contributed by atoms with E-state index in [1.54, 1.807) is 0 Å². The zero-order valence-electron chi connectivity index (χ0n) is 11.1. The molecule has 1 aromatic carbocycles. The van der Waals surface area contributed by atoms with Gasteiger partial charge in [-0.15, -0.1) is 0 Å². The average Bonchev–Trinajstić information content (AvgIpc) is 2.48. The van der Waals surface area contributed by atoms with E-state index in [1.807, 2.05) is 17.8 Å². The number of ether oxygens (including phenoxy) is 1. The van der Waals surface area contributed by atoms with Gasteiger partial charge in [0.1, 0.15) is 0 Å². The van der Waals surface area contributed by atoms with Crippen molar-refractivity contribution in [1.82, 2.24) is 5.10 Å². The van der Waals surface area contributed by atoms with Crippen molar-refractivity contribution in [2.24, 2.45) is 7.05 Å². The Kier molecular flexibility index (Phi) is 3.42. The van der Waals surface area contributed by atoms with Gasteiger partial charge in [-0.3, -0.25) is 0 Å². The first-order valence-corrected chi connectivity index (χ1v) is 6.59. The maximum atomic E-state index is 5.39. The van der Waals surface area contributed by atoms with Crippen molar-refractivity contribution < 1.29 is 9.42 Å². The van der Waals surface area contributed by atoms with Gasteiger partial charge in [0, 0.05) is 24.3 Å². The largest absolute Gasteiger partial charge is 0.378 e. The van der Waals surface area contributed by atoms with Gasteiger partial charge in [0.05, 0.1) is 18.8 Å². The third-order valence-electron chi connectivity index (χ3n) is 3.31. The van der Waals surface area contributed by atoms with E-state index in [2.05, 4.69) is 46.5 Å². The van der Waals surface area contributed by atoms with Crippen molar-refractivity contribution >= 4 is 5.82 Å². The van der Waals surface area contributed by atoms with E-state index in [1.165, 1.54) is 11.1 Å². The summed E-state index contributed by atoms with van der Waals surface area (Å²) in [6, 6.07) is 12.6. The maximum absolute atomic E-state index is 5.39. The lowest BCUT2D eigenvalue weighted by Crippen LogP contribution is -2.41. The lowest BCUT2D eigenvalue weighted by atomic mass is 10.1. The van der Waals surface area contributed by atoms with Crippen LogP contribution < -0.4 is 9.58 Å². The predicted molar refractivity (Wildman–Crippen MR) is 73.9 cm³/mol. The van der Waals surface area contributed by atoms with Crippen LogP contribution in [-0.4, -0.2) is 31.4 Å². The van der Waals surface area contributed by atoms with Crippen molar-refractivity contribution in [3.05, 3.63) is 42.6 Å². The number of aromatic nitrogens is 2. The molecule has 2 heterocycles. The van der Waals surface area contributed by atoms with Gasteiger partial charge in [-0.05, 0) is 5.56 Å². The van der Waals surface area contributed by atoms with E-state index < -0.39 is 0 Å². The topological polar surface area (TPSA) is 29.2 Å². The van der Waals surface area contributed by atoms with Crippen LogP contribution in [0.25, 0.3) is 11.1 Å². The summed E-state index contributed by atoms with van der Waals surface area (Å²) in [5.74, 6) is 1.02. The van der Waals surface area contributed by atoms with Crippen LogP contribution >= 0.6 is 0 Å². The molecule has 0 amide bonds. The van der Waals surface area contributed by atoms with Gasteiger partial charge in [-0.2, -0.15) is 0 Å². The summed E-state index contributed by atoms with van der Waals surface area (Å²) in [5, 5.41) is 4.57. The zero-order chi connectivity index (χ0) is 13.1. The fourth-order valence-electron chi connectivity index (χ4n) is 2.33. The highest BCUT2D eigenvalue weighted by atomic mass is 16.5. The predicted octanol–water partition coefficient (Wildman–Crippen LogP) is 1.41. The van der Waals surface area contributed by atoms with Crippen molar-refractivity contribution in [3.8, 4) is 11.1 Å². The Balaban J connectivity index is 1.96. The van der Waals surface area contributed by atoms with E-state index in [0.717, 1.165) is 32.1 Å². The number of benzene rings is 1. The van der Waals surface area contributed by atoms with E-state index in [4.69, 9.17) is 4.74 Å². The van der Waals surface area contributed by atoms with Crippen LogP contribution in [0, 0.1) is 0 Å². The van der Waals surface area contributed by atoms with Crippen LogP contribution in [0.3, 0.4) is 0 Å². The van der Waals surface area contributed by atoms with Crippen LogP contribution in [0.2, 0.25) is 0 Å². The summed E-state index contributed by atoms with van der Waals surface area (Å²) in [7, 11) is 1.97. The molecule has 0 saturated carbocycles. The number of morpholine rings is 1. The molecule has 0 unspecified atom stereocenters. The Hall–Kier alpha value is -1.94. The lowest BCUT2D eigenvalue weighted by Gasteiger charge is -2.26. The Bertz CT molecular complexity index is 551. The molecule has 3 rings (SSSR count). The molecule has 2 aromatic rings. The minimum atomic E-state index is 0.779. The Morgan fingerprint density at radius 2 is 1.84 bits per heavy atom. The van der Waals surface area contributed by atoms with E-state index in [0.29, 0.717) is 0 Å². The van der Waals surface area contributed by atoms with Crippen LogP contribution in [0.4, 0.5) is 5.82 Å². The van der Waals surface area contributed by atoms with Crippen LogP contribution in [0.15, 0.2) is 42.6 Å². The highest BCUT2D eigenvalue weighted by Crippen LogP contribution is 2.21. The van der Waals surface area contributed by atoms with Gasteiger partial charge in [-0.1, -0.05) is 35.0 Å². The first-order chi connectivity index (χ1) is 9.33. The monoisotopic (exact) mass is 256 g/mol. The van der Waals surface area contributed by atoms with E-state index in [9.17, 15) is 0 Å². The summed E-state index contributed by atoms with van der Waals surface area (Å²) < 4.78 is 7.27. The number of rotatable bonds is 2. The Morgan fingerprint density at radius 3 is 2.58 bits per heavy atom. The Morgan fingerprint density at radius 1 is 1.11 bits per heavy atom. The first kappa shape index (κ1) is 12.1. The van der Waals surface area contributed by atoms with E-state index >= 15 is 0 Å². The molecular formula is C15H18N3O+. The van der Waals surface area contributed by atoms with Gasteiger partial charge >= 0.3 is 0 Å². The van der Waals surface area contributed by atoms with Crippen LogP contribution in [0.5, 0.6) is 0 Å². The third-order valence-corrected chi connectivity index (χ3v) is 3.31. The summed E-state index contributed by atoms with van der Waals surface area (Å²) in [4.78, 5) is 2.27. The molecule has 19 heavy (non-hydrogen) atoms.